The molecule has 2 aromatic carbocycles. The molecule has 1 N–H and O–H groups in total. The van der Waals surface area contributed by atoms with E-state index in [1.54, 1.807) is 20.8 Å². The van der Waals surface area contributed by atoms with Crippen LogP contribution < -0.4 is 23.8 Å². The van der Waals surface area contributed by atoms with E-state index in [2.05, 4.69) is 5.32 Å². The first-order chi connectivity index (χ1) is 18.5. The predicted octanol–water partition coefficient (Wildman–Crippen LogP) is 5.38. The van der Waals surface area contributed by atoms with Crippen molar-refractivity contribution >= 4 is 56.2 Å². The third-order valence-corrected chi connectivity index (χ3v) is 8.64. The molecule has 13 heteroatoms. The highest BCUT2D eigenvalue weighted by Gasteiger charge is 2.31. The maximum absolute atomic E-state index is 13.8. The van der Waals surface area contributed by atoms with Crippen LogP contribution in [0.15, 0.2) is 41.3 Å². The maximum atomic E-state index is 13.8. The van der Waals surface area contributed by atoms with E-state index in [0.717, 1.165) is 15.6 Å². The highest BCUT2D eigenvalue weighted by Crippen LogP contribution is 2.42. The van der Waals surface area contributed by atoms with Crippen molar-refractivity contribution in [2.75, 3.05) is 44.1 Å². The summed E-state index contributed by atoms with van der Waals surface area (Å²) >= 11 is 7.15. The summed E-state index contributed by atoms with van der Waals surface area (Å²) in [5.41, 5.74) is 0.587. The van der Waals surface area contributed by atoms with E-state index in [1.165, 1.54) is 57.7 Å². The molecule has 0 saturated heterocycles. The smallest absolute Gasteiger partial charge is 0.338 e. The van der Waals surface area contributed by atoms with Crippen LogP contribution >= 0.6 is 22.9 Å². The lowest BCUT2D eigenvalue weighted by atomic mass is 10.2. The number of halogens is 1. The molecule has 0 spiro atoms. The second-order valence-electron chi connectivity index (χ2n) is 8.04. The Kier molecular flexibility index (Phi) is 9.70. The Labute approximate surface area is 236 Å². The van der Waals surface area contributed by atoms with Gasteiger partial charge >= 0.3 is 5.97 Å². The molecular weight excluding hydrogens is 568 g/mol. The number of carbonyl (C=O) groups is 2. The van der Waals surface area contributed by atoms with Gasteiger partial charge < -0.3 is 24.3 Å². The summed E-state index contributed by atoms with van der Waals surface area (Å²) in [6.45, 7) is 5.68. The van der Waals surface area contributed by atoms with Crippen LogP contribution in [0.1, 0.15) is 38.8 Å². The lowest BCUT2D eigenvalue weighted by Gasteiger charge is -2.22. The topological polar surface area (TPSA) is 120 Å². The van der Waals surface area contributed by atoms with Gasteiger partial charge in [0, 0.05) is 34.8 Å². The first-order valence-electron chi connectivity index (χ1n) is 11.7. The monoisotopic (exact) mass is 596 g/mol. The van der Waals surface area contributed by atoms with Gasteiger partial charge in [0.15, 0.2) is 11.5 Å². The summed E-state index contributed by atoms with van der Waals surface area (Å²) < 4.78 is 50.0. The van der Waals surface area contributed by atoms with Crippen molar-refractivity contribution in [2.24, 2.45) is 0 Å². The maximum Gasteiger partial charge on any atom is 0.338 e. The molecule has 3 rings (SSSR count). The molecule has 0 aliphatic carbocycles. The number of rotatable bonds is 11. The molecule has 0 aliphatic rings. The molecule has 0 saturated carbocycles. The molecule has 210 valence electrons. The van der Waals surface area contributed by atoms with Gasteiger partial charge in [0.2, 0.25) is 5.75 Å². The number of hydrogen-bond acceptors (Lipinski definition) is 9. The molecule has 0 radical (unpaired) electrons. The molecule has 0 fully saturated rings. The fourth-order valence-electron chi connectivity index (χ4n) is 3.64. The van der Waals surface area contributed by atoms with Gasteiger partial charge in [-0.3, -0.25) is 9.10 Å². The zero-order valence-electron chi connectivity index (χ0n) is 22.3. The molecule has 10 nitrogen and oxygen atoms in total. The Morgan fingerprint density at radius 3 is 2.21 bits per heavy atom. The second kappa shape index (κ2) is 12.6. The van der Waals surface area contributed by atoms with Gasteiger partial charge in [-0.1, -0.05) is 11.6 Å². The number of aryl methyl sites for hydroxylation is 1. The number of carbonyl (C=O) groups excluding carboxylic acids is 2. The minimum atomic E-state index is -4.22. The summed E-state index contributed by atoms with van der Waals surface area (Å²) in [7, 11) is 0.00967. The number of hydrogen-bond donors (Lipinski definition) is 1. The van der Waals surface area contributed by atoms with E-state index >= 15 is 0 Å². The first kappa shape index (κ1) is 30.1. The van der Waals surface area contributed by atoms with E-state index in [-0.39, 0.29) is 49.8 Å². The summed E-state index contributed by atoms with van der Waals surface area (Å²) in [4.78, 5) is 25.8. The number of amides is 1. The number of anilines is 2. The van der Waals surface area contributed by atoms with Crippen molar-refractivity contribution in [2.45, 2.75) is 25.7 Å². The van der Waals surface area contributed by atoms with Gasteiger partial charge in [-0.15, -0.1) is 11.3 Å². The second-order valence-corrected chi connectivity index (χ2v) is 11.7. The Balaban J connectivity index is 1.99. The van der Waals surface area contributed by atoms with Gasteiger partial charge in [-0.05, 0) is 45.0 Å². The fourth-order valence-corrected chi connectivity index (χ4v) is 6.53. The van der Waals surface area contributed by atoms with Crippen LogP contribution in [0.3, 0.4) is 0 Å². The van der Waals surface area contributed by atoms with E-state index in [1.807, 2.05) is 0 Å². The third-order valence-electron chi connectivity index (χ3n) is 5.43. The van der Waals surface area contributed by atoms with Crippen molar-refractivity contribution < 1.29 is 37.0 Å². The average Bonchev–Trinajstić information content (AvgIpc) is 3.31. The fraction of sp³-hybridized carbons (Fsp3) is 0.308. The van der Waals surface area contributed by atoms with E-state index in [9.17, 15) is 18.0 Å². The molecule has 1 heterocycles. The van der Waals surface area contributed by atoms with E-state index in [0.29, 0.717) is 17.2 Å². The Hall–Kier alpha value is -3.48. The standard InChI is InChI=1S/C26H29ClN2O8S2/c1-7-36-23-20(34-5)13-19(14-21(23)35-6)29(4)39(32,33)22-9-15(3)38-24(22)25(30)28-18-11-16(10-17(27)12-18)26(31)37-8-2/h9-14H,7-8H2,1-6H3,(H,28,30). The zero-order chi connectivity index (χ0) is 28.9. The zero-order valence-corrected chi connectivity index (χ0v) is 24.7. The Morgan fingerprint density at radius 2 is 1.64 bits per heavy atom. The van der Waals surface area contributed by atoms with Gasteiger partial charge in [0.1, 0.15) is 9.77 Å². The van der Waals surface area contributed by atoms with Crippen molar-refractivity contribution in [1.82, 2.24) is 0 Å². The molecule has 0 aliphatic heterocycles. The number of sulfonamides is 1. The van der Waals surface area contributed by atoms with Crippen molar-refractivity contribution in [3.05, 3.63) is 56.7 Å². The highest BCUT2D eigenvalue weighted by molar-refractivity contribution is 7.93. The minimum Gasteiger partial charge on any atom is -0.493 e. The number of nitrogens with zero attached hydrogens (tertiary/aromatic N) is 1. The van der Waals surface area contributed by atoms with Crippen molar-refractivity contribution in [3.8, 4) is 17.2 Å². The molecule has 0 unspecified atom stereocenters. The number of ether oxygens (including phenoxy) is 4. The van der Waals surface area contributed by atoms with Gasteiger partial charge in [0.25, 0.3) is 15.9 Å². The molecule has 39 heavy (non-hydrogen) atoms. The SMILES string of the molecule is CCOC(=O)c1cc(Cl)cc(NC(=O)c2sc(C)cc2S(=O)(=O)N(C)c2cc(OC)c(OCC)c(OC)c2)c1. The number of methoxy groups -OCH3 is 2. The average molecular weight is 597 g/mol. The Bertz CT molecular complexity index is 1460. The van der Waals surface area contributed by atoms with Gasteiger partial charge in [0.05, 0.1) is 38.7 Å². The van der Waals surface area contributed by atoms with Gasteiger partial charge in [-0.25, -0.2) is 13.2 Å². The third kappa shape index (κ3) is 6.57. The normalized spacial score (nSPS) is 11.1. The quantitative estimate of drug-likeness (QED) is 0.293. The first-order valence-corrected chi connectivity index (χ1v) is 14.4. The Morgan fingerprint density at radius 1 is 1.00 bits per heavy atom. The number of esters is 1. The van der Waals surface area contributed by atoms with Crippen LogP contribution in [0.5, 0.6) is 17.2 Å². The van der Waals surface area contributed by atoms with Crippen LogP contribution in [0.25, 0.3) is 0 Å². The van der Waals surface area contributed by atoms with Crippen molar-refractivity contribution in [3.63, 3.8) is 0 Å². The van der Waals surface area contributed by atoms with E-state index < -0.39 is 21.9 Å². The summed E-state index contributed by atoms with van der Waals surface area (Å²) in [5, 5.41) is 2.84. The van der Waals surface area contributed by atoms with Crippen molar-refractivity contribution in [1.29, 1.82) is 0 Å². The highest BCUT2D eigenvalue weighted by atomic mass is 35.5. The van der Waals surface area contributed by atoms with Crippen LogP contribution in [-0.4, -0.2) is 54.8 Å². The number of nitrogens with one attached hydrogen (secondary N) is 1. The largest absolute Gasteiger partial charge is 0.493 e. The lowest BCUT2D eigenvalue weighted by Crippen LogP contribution is -2.28. The van der Waals surface area contributed by atoms with Crippen LogP contribution in [0.4, 0.5) is 11.4 Å². The number of benzene rings is 2. The summed E-state index contributed by atoms with van der Waals surface area (Å²) in [6, 6.07) is 8.70. The van der Waals surface area contributed by atoms with Gasteiger partial charge in [-0.2, -0.15) is 0 Å². The molecule has 3 aromatic rings. The lowest BCUT2D eigenvalue weighted by molar-refractivity contribution is 0.0526. The van der Waals surface area contributed by atoms with Crippen LogP contribution in [-0.2, 0) is 14.8 Å². The van der Waals surface area contributed by atoms with Crippen LogP contribution in [0.2, 0.25) is 5.02 Å². The summed E-state index contributed by atoms with van der Waals surface area (Å²) in [5.74, 6) is -0.378. The molecule has 0 bridgehead atoms. The minimum absolute atomic E-state index is 0.0399. The molecule has 1 amide bonds. The predicted molar refractivity (Wildman–Crippen MR) is 151 cm³/mol. The molecule has 0 atom stereocenters. The van der Waals surface area contributed by atoms with E-state index in [4.69, 9.17) is 30.5 Å². The summed E-state index contributed by atoms with van der Waals surface area (Å²) in [6.07, 6.45) is 0. The van der Waals surface area contributed by atoms with Crippen LogP contribution in [0, 0.1) is 6.92 Å². The molecular formula is C26H29ClN2O8S2. The number of thiophene rings is 1. The molecule has 1 aromatic heterocycles.